The predicted octanol–water partition coefficient (Wildman–Crippen LogP) is 5.00. The average Bonchev–Trinajstić information content (AvgIpc) is 2.83. The zero-order valence-corrected chi connectivity index (χ0v) is 19.7. The van der Waals surface area contributed by atoms with Gasteiger partial charge in [-0.15, -0.1) is 0 Å². The van der Waals surface area contributed by atoms with Gasteiger partial charge in [0.05, 0.1) is 19.2 Å². The fraction of sp³-hybridized carbons (Fsp3) is 0.423. The number of benzene rings is 2. The molecule has 1 N–H and O–H groups in total. The molecular formula is C26H33N3O4. The largest absolute Gasteiger partial charge is 0.493 e. The number of unbranched alkanes of at least 4 members (excludes halogenated alkanes) is 2. The molecule has 0 unspecified atom stereocenters. The number of aromatic nitrogens is 2. The molecule has 0 radical (unpaired) electrons. The van der Waals surface area contributed by atoms with Crippen molar-refractivity contribution in [1.82, 2.24) is 9.97 Å². The van der Waals surface area contributed by atoms with Crippen molar-refractivity contribution in [2.45, 2.75) is 46.0 Å². The van der Waals surface area contributed by atoms with Gasteiger partial charge in [-0.1, -0.05) is 31.9 Å². The van der Waals surface area contributed by atoms with E-state index in [1.807, 2.05) is 43.3 Å². The molecule has 0 atom stereocenters. The highest BCUT2D eigenvalue weighted by atomic mass is 16.5. The molecule has 3 aromatic rings. The maximum absolute atomic E-state index is 11.4. The number of hydrogen-bond donors (Lipinski definition) is 1. The number of fused-ring (bicyclic) bond motifs is 1. The normalized spacial score (nSPS) is 10.9. The van der Waals surface area contributed by atoms with Gasteiger partial charge in [0.25, 0.3) is 0 Å². The van der Waals surface area contributed by atoms with E-state index in [0.717, 1.165) is 54.0 Å². The third kappa shape index (κ3) is 6.42. The van der Waals surface area contributed by atoms with Gasteiger partial charge in [-0.25, -0.2) is 9.97 Å². The van der Waals surface area contributed by atoms with Gasteiger partial charge in [-0.2, -0.15) is 0 Å². The first-order valence-corrected chi connectivity index (χ1v) is 11.5. The summed E-state index contributed by atoms with van der Waals surface area (Å²) in [6.45, 7) is 4.84. The number of ketones is 1. The van der Waals surface area contributed by atoms with Gasteiger partial charge in [0.2, 0.25) is 0 Å². The Hall–Kier alpha value is -3.19. The molecule has 0 bridgehead atoms. The van der Waals surface area contributed by atoms with E-state index in [4.69, 9.17) is 19.6 Å². The summed E-state index contributed by atoms with van der Waals surface area (Å²) >= 11 is 0. The van der Waals surface area contributed by atoms with Gasteiger partial charge in [0, 0.05) is 30.1 Å². The van der Waals surface area contributed by atoms with Crippen LogP contribution in [0.4, 0.5) is 11.5 Å². The van der Waals surface area contributed by atoms with Crippen LogP contribution in [-0.4, -0.2) is 47.7 Å². The lowest BCUT2D eigenvalue weighted by Crippen LogP contribution is -2.21. The van der Waals surface area contributed by atoms with Crippen LogP contribution in [0.3, 0.4) is 0 Å². The lowest BCUT2D eigenvalue weighted by atomic mass is 10.1. The molecule has 0 spiro atoms. The van der Waals surface area contributed by atoms with Crippen molar-refractivity contribution in [2.75, 3.05) is 31.8 Å². The van der Waals surface area contributed by atoms with Crippen LogP contribution in [0.2, 0.25) is 0 Å². The van der Waals surface area contributed by atoms with Gasteiger partial charge in [0.1, 0.15) is 18.2 Å². The van der Waals surface area contributed by atoms with Crippen molar-refractivity contribution in [3.8, 4) is 11.5 Å². The summed E-state index contributed by atoms with van der Waals surface area (Å²) in [6.07, 6.45) is 4.09. The molecule has 1 heterocycles. The number of anilines is 2. The number of carbonyl (C=O) groups excluding carboxylic acids is 1. The third-order valence-electron chi connectivity index (χ3n) is 5.43. The van der Waals surface area contributed by atoms with Gasteiger partial charge >= 0.3 is 0 Å². The third-order valence-corrected chi connectivity index (χ3v) is 5.43. The van der Waals surface area contributed by atoms with E-state index in [0.29, 0.717) is 24.5 Å². The van der Waals surface area contributed by atoms with Gasteiger partial charge < -0.3 is 19.5 Å². The molecule has 1 aromatic heterocycles. The van der Waals surface area contributed by atoms with Crippen LogP contribution in [0.1, 0.15) is 44.9 Å². The zero-order chi connectivity index (χ0) is 23.6. The first kappa shape index (κ1) is 24.5. The molecule has 0 amide bonds. The monoisotopic (exact) mass is 451 g/mol. The Morgan fingerprint density at radius 1 is 1.06 bits per heavy atom. The fourth-order valence-corrected chi connectivity index (χ4v) is 3.73. The first-order chi connectivity index (χ1) is 16.1. The fourth-order valence-electron chi connectivity index (χ4n) is 3.73. The Morgan fingerprint density at radius 2 is 1.88 bits per heavy atom. The van der Waals surface area contributed by atoms with Crippen molar-refractivity contribution in [3.05, 3.63) is 48.3 Å². The van der Waals surface area contributed by atoms with Crippen molar-refractivity contribution in [1.29, 1.82) is 0 Å². The first-order valence-electron chi connectivity index (χ1n) is 11.5. The van der Waals surface area contributed by atoms with E-state index in [1.54, 1.807) is 7.11 Å². The summed E-state index contributed by atoms with van der Waals surface area (Å²) in [5.41, 5.74) is 1.87. The summed E-state index contributed by atoms with van der Waals surface area (Å²) in [5.74, 6) is 2.65. The lowest BCUT2D eigenvalue weighted by molar-refractivity contribution is -0.121. The Kier molecular flexibility index (Phi) is 9.01. The molecule has 7 nitrogen and oxygen atoms in total. The molecule has 33 heavy (non-hydrogen) atoms. The molecule has 7 heteroatoms. The maximum Gasteiger partial charge on any atom is 0.163 e. The van der Waals surface area contributed by atoms with Crippen LogP contribution in [0.25, 0.3) is 10.9 Å². The van der Waals surface area contributed by atoms with Crippen LogP contribution in [0.5, 0.6) is 11.5 Å². The Labute approximate surface area is 195 Å². The number of methoxy groups -OCH3 is 1. The summed E-state index contributed by atoms with van der Waals surface area (Å²) in [7, 11) is 1.61. The molecule has 0 aliphatic heterocycles. The molecule has 0 saturated carbocycles. The molecule has 0 aliphatic carbocycles. The minimum absolute atomic E-state index is 0.188. The zero-order valence-electron chi connectivity index (χ0n) is 19.7. The molecule has 0 aliphatic rings. The molecule has 0 fully saturated rings. The highest BCUT2D eigenvalue weighted by Crippen LogP contribution is 2.36. The second-order valence-electron chi connectivity index (χ2n) is 7.95. The predicted molar refractivity (Wildman–Crippen MR) is 131 cm³/mol. The minimum atomic E-state index is -0.433. The Morgan fingerprint density at radius 3 is 2.64 bits per heavy atom. The summed E-state index contributed by atoms with van der Waals surface area (Å²) in [6, 6.07) is 13.9. The summed E-state index contributed by atoms with van der Waals surface area (Å²) in [4.78, 5) is 23.0. The number of Topliss-reactive ketones (excluding diaryl/α,β-unsaturated/α-hetero) is 1. The van der Waals surface area contributed by atoms with Crippen LogP contribution in [0, 0.1) is 6.92 Å². The Bertz CT molecular complexity index is 1070. The van der Waals surface area contributed by atoms with Gasteiger partial charge in [-0.3, -0.25) is 4.79 Å². The average molecular weight is 452 g/mol. The summed E-state index contributed by atoms with van der Waals surface area (Å²) < 4.78 is 11.5. The molecule has 0 saturated heterocycles. The maximum atomic E-state index is 11.4. The Balaban J connectivity index is 1.95. The van der Waals surface area contributed by atoms with E-state index in [-0.39, 0.29) is 12.2 Å². The van der Waals surface area contributed by atoms with Gasteiger partial charge in [-0.05, 0) is 44.0 Å². The number of aliphatic hydroxyl groups is 1. The van der Waals surface area contributed by atoms with Crippen LogP contribution in [0.15, 0.2) is 42.5 Å². The number of rotatable bonds is 13. The van der Waals surface area contributed by atoms with E-state index >= 15 is 0 Å². The smallest absolute Gasteiger partial charge is 0.163 e. The minimum Gasteiger partial charge on any atom is -0.493 e. The second kappa shape index (κ2) is 12.2. The topological polar surface area (TPSA) is 84.8 Å². The van der Waals surface area contributed by atoms with E-state index < -0.39 is 6.61 Å². The quantitative estimate of drug-likeness (QED) is 0.366. The van der Waals surface area contributed by atoms with Crippen molar-refractivity contribution < 1.29 is 19.4 Å². The van der Waals surface area contributed by atoms with E-state index in [1.165, 1.54) is 0 Å². The van der Waals surface area contributed by atoms with Crippen LogP contribution < -0.4 is 14.4 Å². The molecule has 176 valence electrons. The number of nitrogens with zero attached hydrogens (tertiary/aromatic N) is 3. The highest BCUT2D eigenvalue weighted by molar-refractivity contribution is 5.91. The number of carbonyl (C=O) groups is 1. The van der Waals surface area contributed by atoms with Crippen molar-refractivity contribution in [2.24, 2.45) is 0 Å². The number of para-hydroxylation sites is 1. The van der Waals surface area contributed by atoms with Crippen LogP contribution >= 0.6 is 0 Å². The molecule has 3 rings (SSSR count). The molecular weight excluding hydrogens is 418 g/mol. The number of hydrogen-bond acceptors (Lipinski definition) is 7. The van der Waals surface area contributed by atoms with Crippen molar-refractivity contribution >= 4 is 28.2 Å². The van der Waals surface area contributed by atoms with Crippen molar-refractivity contribution in [3.63, 3.8) is 0 Å². The number of aryl methyl sites for hydroxylation is 1. The van der Waals surface area contributed by atoms with Crippen LogP contribution in [-0.2, 0) is 4.79 Å². The lowest BCUT2D eigenvalue weighted by Gasteiger charge is -2.26. The number of ether oxygens (including phenoxy) is 2. The highest BCUT2D eigenvalue weighted by Gasteiger charge is 2.18. The standard InChI is InChI=1S/C26H33N3O4/c1-4-5-8-15-29(26-22-11-6-7-12-23(22)27-19(2)28-26)20-13-14-24(32-3)25(17-20)33-16-9-10-21(31)18-30/h6-7,11-14,17,30H,4-5,8-10,15-16,18H2,1-3H3. The van der Waals surface area contributed by atoms with Gasteiger partial charge in [0.15, 0.2) is 17.3 Å². The SMILES string of the molecule is CCCCCN(c1ccc(OC)c(OCCCC(=O)CO)c1)c1nc(C)nc2ccccc12. The second-order valence-corrected chi connectivity index (χ2v) is 7.95. The van der Waals surface area contributed by atoms with E-state index in [9.17, 15) is 4.79 Å². The number of aliphatic hydroxyl groups excluding tert-OH is 1. The molecule has 2 aromatic carbocycles. The summed E-state index contributed by atoms with van der Waals surface area (Å²) in [5, 5.41) is 9.90. The van der Waals surface area contributed by atoms with E-state index in [2.05, 4.69) is 22.9 Å².